The maximum atomic E-state index is 13.0. The Bertz CT molecular complexity index is 907. The molecule has 1 atom stereocenters. The van der Waals surface area contributed by atoms with Gasteiger partial charge in [-0.25, -0.2) is 0 Å². The summed E-state index contributed by atoms with van der Waals surface area (Å²) in [7, 11) is 1.50. The second-order valence-corrected chi connectivity index (χ2v) is 7.42. The average Bonchev–Trinajstić information content (AvgIpc) is 2.91. The Hall–Kier alpha value is -2.86. The third kappa shape index (κ3) is 3.73. The lowest BCUT2D eigenvalue weighted by Gasteiger charge is -2.26. The molecule has 2 aromatic rings. The lowest BCUT2D eigenvalue weighted by molar-refractivity contribution is -0.120. The summed E-state index contributed by atoms with van der Waals surface area (Å²) in [5.74, 6) is -0.758. The molecule has 1 aliphatic rings. The van der Waals surface area contributed by atoms with Crippen molar-refractivity contribution < 1.29 is 19.1 Å². The van der Waals surface area contributed by atoms with Gasteiger partial charge in [0.2, 0.25) is 5.91 Å². The van der Waals surface area contributed by atoms with Crippen LogP contribution in [0.3, 0.4) is 0 Å². The Balaban J connectivity index is 1.88. The van der Waals surface area contributed by atoms with Crippen molar-refractivity contribution in [3.63, 3.8) is 0 Å². The summed E-state index contributed by atoms with van der Waals surface area (Å²) in [4.78, 5) is 39.7. The summed E-state index contributed by atoms with van der Waals surface area (Å²) in [5, 5.41) is 3.11. The topological polar surface area (TPSA) is 75.7 Å². The van der Waals surface area contributed by atoms with Crippen molar-refractivity contribution in [1.29, 1.82) is 0 Å². The number of imide groups is 1. The minimum absolute atomic E-state index is 0.0968. The van der Waals surface area contributed by atoms with Crippen molar-refractivity contribution in [3.05, 3.63) is 58.6 Å². The molecule has 1 N–H and O–H groups in total. The largest absolute Gasteiger partial charge is 0.495 e. The van der Waals surface area contributed by atoms with E-state index in [2.05, 4.69) is 5.32 Å². The molecule has 6 nitrogen and oxygen atoms in total. The Morgan fingerprint density at radius 2 is 1.71 bits per heavy atom. The van der Waals surface area contributed by atoms with E-state index in [1.165, 1.54) is 7.11 Å². The number of carbonyl (C=O) groups excluding carboxylic acids is 3. The number of anilines is 1. The zero-order valence-corrected chi connectivity index (χ0v) is 16.6. The average molecular weight is 401 g/mol. The molecule has 1 heterocycles. The normalized spacial score (nSPS) is 14.2. The van der Waals surface area contributed by atoms with Crippen molar-refractivity contribution in [2.75, 3.05) is 12.4 Å². The van der Waals surface area contributed by atoms with Gasteiger partial charge < -0.3 is 10.1 Å². The van der Waals surface area contributed by atoms with E-state index in [1.807, 2.05) is 13.8 Å². The Morgan fingerprint density at radius 1 is 1.11 bits per heavy atom. The highest BCUT2D eigenvalue weighted by Gasteiger charge is 2.42. The fraction of sp³-hybridized carbons (Fsp3) is 0.286. The van der Waals surface area contributed by atoms with Crippen LogP contribution in [-0.4, -0.2) is 35.8 Å². The van der Waals surface area contributed by atoms with Crippen molar-refractivity contribution >= 4 is 35.0 Å². The van der Waals surface area contributed by atoms with Crippen molar-refractivity contribution in [2.24, 2.45) is 5.92 Å². The number of amides is 3. The SMILES string of the molecule is COc1ccc(NC(=O)C(CC(C)C)N2C(=O)c3ccccc3C2=O)cc1Cl. The van der Waals surface area contributed by atoms with Crippen LogP contribution >= 0.6 is 11.6 Å². The molecule has 0 saturated carbocycles. The van der Waals surface area contributed by atoms with Gasteiger partial charge in [0.25, 0.3) is 11.8 Å². The minimum Gasteiger partial charge on any atom is -0.495 e. The minimum atomic E-state index is -0.923. The molecule has 1 unspecified atom stereocenters. The van der Waals surface area contributed by atoms with Crippen LogP contribution in [0.5, 0.6) is 5.75 Å². The number of ether oxygens (including phenoxy) is 1. The smallest absolute Gasteiger partial charge is 0.262 e. The van der Waals surface area contributed by atoms with E-state index >= 15 is 0 Å². The van der Waals surface area contributed by atoms with Gasteiger partial charge in [-0.15, -0.1) is 0 Å². The molecule has 0 saturated heterocycles. The maximum absolute atomic E-state index is 13.0. The first-order valence-corrected chi connectivity index (χ1v) is 9.32. The Kier molecular flexibility index (Phi) is 5.70. The van der Waals surface area contributed by atoms with Crippen LogP contribution in [0, 0.1) is 5.92 Å². The number of halogens is 1. The fourth-order valence-electron chi connectivity index (χ4n) is 3.24. The maximum Gasteiger partial charge on any atom is 0.262 e. The molecule has 0 radical (unpaired) electrons. The quantitative estimate of drug-likeness (QED) is 0.743. The van der Waals surface area contributed by atoms with Gasteiger partial charge in [-0.2, -0.15) is 0 Å². The predicted octanol–water partition coefficient (Wildman–Crippen LogP) is 4.00. The van der Waals surface area contributed by atoms with E-state index in [1.54, 1.807) is 42.5 Å². The third-order valence-electron chi connectivity index (χ3n) is 4.55. The molecule has 0 aromatic heterocycles. The van der Waals surface area contributed by atoms with E-state index in [0.29, 0.717) is 34.0 Å². The number of hydrogen-bond donors (Lipinski definition) is 1. The van der Waals surface area contributed by atoms with Gasteiger partial charge >= 0.3 is 0 Å². The van der Waals surface area contributed by atoms with Crippen molar-refractivity contribution in [1.82, 2.24) is 4.90 Å². The van der Waals surface area contributed by atoms with Gasteiger partial charge in [-0.05, 0) is 42.7 Å². The second kappa shape index (κ2) is 8.02. The Morgan fingerprint density at radius 3 is 2.21 bits per heavy atom. The molecular formula is C21H21ClN2O4. The van der Waals surface area contributed by atoms with Gasteiger partial charge in [0.05, 0.1) is 23.3 Å². The van der Waals surface area contributed by atoms with Crippen LogP contribution in [0.4, 0.5) is 5.69 Å². The van der Waals surface area contributed by atoms with Crippen LogP contribution in [0.15, 0.2) is 42.5 Å². The van der Waals surface area contributed by atoms with Crippen LogP contribution in [0.2, 0.25) is 5.02 Å². The molecule has 146 valence electrons. The number of fused-ring (bicyclic) bond motifs is 1. The van der Waals surface area contributed by atoms with E-state index in [4.69, 9.17) is 16.3 Å². The molecule has 0 bridgehead atoms. The number of rotatable bonds is 6. The molecular weight excluding hydrogens is 380 g/mol. The van der Waals surface area contributed by atoms with E-state index in [-0.39, 0.29) is 5.92 Å². The van der Waals surface area contributed by atoms with E-state index < -0.39 is 23.8 Å². The molecule has 3 rings (SSSR count). The Labute approximate surface area is 168 Å². The molecule has 1 aliphatic heterocycles. The molecule has 0 aliphatic carbocycles. The van der Waals surface area contributed by atoms with Crippen LogP contribution in [0.25, 0.3) is 0 Å². The summed E-state index contributed by atoms with van der Waals surface area (Å²) in [6.45, 7) is 3.87. The number of carbonyl (C=O) groups is 3. The molecule has 3 amide bonds. The highest BCUT2D eigenvalue weighted by Crippen LogP contribution is 2.29. The lowest BCUT2D eigenvalue weighted by Crippen LogP contribution is -2.47. The number of nitrogens with one attached hydrogen (secondary N) is 1. The predicted molar refractivity (Wildman–Crippen MR) is 107 cm³/mol. The molecule has 7 heteroatoms. The molecule has 0 fully saturated rings. The second-order valence-electron chi connectivity index (χ2n) is 7.01. The van der Waals surface area contributed by atoms with Gasteiger partial charge in [0.15, 0.2) is 0 Å². The summed E-state index contributed by atoms with van der Waals surface area (Å²) in [6.07, 6.45) is 0.348. The summed E-state index contributed by atoms with van der Waals surface area (Å²) >= 11 is 6.12. The lowest BCUT2D eigenvalue weighted by atomic mass is 10.0. The zero-order valence-electron chi connectivity index (χ0n) is 15.9. The number of nitrogens with zero attached hydrogens (tertiary/aromatic N) is 1. The summed E-state index contributed by atoms with van der Waals surface area (Å²) < 4.78 is 5.11. The third-order valence-corrected chi connectivity index (χ3v) is 4.85. The fourth-order valence-corrected chi connectivity index (χ4v) is 3.49. The summed E-state index contributed by atoms with van der Waals surface area (Å²) in [5.41, 5.74) is 1.10. The highest BCUT2D eigenvalue weighted by molar-refractivity contribution is 6.32. The first-order valence-electron chi connectivity index (χ1n) is 8.94. The van der Waals surface area contributed by atoms with Crippen LogP contribution in [0.1, 0.15) is 41.0 Å². The first-order chi connectivity index (χ1) is 13.3. The molecule has 28 heavy (non-hydrogen) atoms. The van der Waals surface area contributed by atoms with E-state index in [0.717, 1.165) is 4.90 Å². The number of benzene rings is 2. The van der Waals surface area contributed by atoms with Gasteiger partial charge in [-0.3, -0.25) is 19.3 Å². The monoisotopic (exact) mass is 400 g/mol. The van der Waals surface area contributed by atoms with Crippen LogP contribution in [-0.2, 0) is 4.79 Å². The standard InChI is InChI=1S/C21H21ClN2O4/c1-12(2)10-17(19(25)23-13-8-9-18(28-3)16(22)11-13)24-20(26)14-6-4-5-7-15(14)21(24)27/h4-9,11-12,17H,10H2,1-3H3,(H,23,25). The first kappa shape index (κ1) is 19.9. The van der Waals surface area contributed by atoms with Gasteiger partial charge in [-0.1, -0.05) is 37.6 Å². The number of hydrogen-bond acceptors (Lipinski definition) is 4. The number of methoxy groups -OCH3 is 1. The van der Waals surface area contributed by atoms with Gasteiger partial charge in [0, 0.05) is 5.69 Å². The molecule has 0 spiro atoms. The van der Waals surface area contributed by atoms with E-state index in [9.17, 15) is 14.4 Å². The summed E-state index contributed by atoms with van der Waals surface area (Å²) in [6, 6.07) is 10.5. The van der Waals surface area contributed by atoms with Crippen molar-refractivity contribution in [3.8, 4) is 5.75 Å². The van der Waals surface area contributed by atoms with Crippen molar-refractivity contribution in [2.45, 2.75) is 26.3 Å². The van der Waals surface area contributed by atoms with Crippen LogP contribution < -0.4 is 10.1 Å². The highest BCUT2D eigenvalue weighted by atomic mass is 35.5. The van der Waals surface area contributed by atoms with Gasteiger partial charge in [0.1, 0.15) is 11.8 Å². The zero-order chi connectivity index (χ0) is 20.4. The molecule has 2 aromatic carbocycles.